The maximum atomic E-state index is 5.97. The van der Waals surface area contributed by atoms with E-state index in [4.69, 9.17) is 15.2 Å². The summed E-state index contributed by atoms with van der Waals surface area (Å²) in [4.78, 5) is 4.16. The molecule has 2 aromatic rings. The average molecular weight is 272 g/mol. The van der Waals surface area contributed by atoms with Gasteiger partial charge in [0.05, 0.1) is 7.11 Å². The van der Waals surface area contributed by atoms with E-state index in [2.05, 4.69) is 11.1 Å². The number of nitrogens with zero attached hydrogens (tertiary/aromatic N) is 1. The van der Waals surface area contributed by atoms with Crippen LogP contribution in [-0.4, -0.2) is 12.1 Å². The molecule has 2 rings (SSSR count). The molecule has 4 nitrogen and oxygen atoms in total. The molecule has 0 aliphatic heterocycles. The molecule has 1 heterocycles. The molecule has 4 heteroatoms. The maximum absolute atomic E-state index is 5.97. The minimum absolute atomic E-state index is 0.0912. The van der Waals surface area contributed by atoms with Gasteiger partial charge in [-0.1, -0.05) is 6.07 Å². The van der Waals surface area contributed by atoms with E-state index in [0.29, 0.717) is 6.61 Å². The van der Waals surface area contributed by atoms with Crippen molar-refractivity contribution < 1.29 is 9.47 Å². The van der Waals surface area contributed by atoms with Crippen molar-refractivity contribution in [1.29, 1.82) is 0 Å². The summed E-state index contributed by atoms with van der Waals surface area (Å²) < 4.78 is 11.1. The first-order valence-electron chi connectivity index (χ1n) is 6.57. The molecule has 0 amide bonds. The van der Waals surface area contributed by atoms with Gasteiger partial charge in [-0.05, 0) is 31.5 Å². The lowest BCUT2D eigenvalue weighted by Gasteiger charge is -2.15. The van der Waals surface area contributed by atoms with Crippen LogP contribution in [0.4, 0.5) is 0 Å². The van der Waals surface area contributed by atoms with Crippen LogP contribution in [0.15, 0.2) is 36.7 Å². The Balaban J connectivity index is 2.19. The first-order chi connectivity index (χ1) is 9.60. The van der Waals surface area contributed by atoms with Crippen molar-refractivity contribution in [2.24, 2.45) is 5.73 Å². The Labute approximate surface area is 119 Å². The number of hydrogen-bond acceptors (Lipinski definition) is 4. The van der Waals surface area contributed by atoms with Crippen molar-refractivity contribution in [3.63, 3.8) is 0 Å². The van der Waals surface area contributed by atoms with Crippen LogP contribution in [-0.2, 0) is 6.61 Å². The molecule has 1 unspecified atom stereocenters. The first kappa shape index (κ1) is 14.3. The molecule has 2 N–H and O–H groups in total. The molecular weight excluding hydrogens is 252 g/mol. The number of aryl methyl sites for hydroxylation is 1. The van der Waals surface area contributed by atoms with Crippen LogP contribution < -0.4 is 15.2 Å². The van der Waals surface area contributed by atoms with Crippen LogP contribution in [0.5, 0.6) is 11.5 Å². The molecule has 0 saturated carbocycles. The van der Waals surface area contributed by atoms with Crippen LogP contribution in [0, 0.1) is 6.92 Å². The summed E-state index contributed by atoms with van der Waals surface area (Å²) in [6.07, 6.45) is 3.63. The molecule has 1 aromatic carbocycles. The molecule has 1 atom stereocenters. The highest BCUT2D eigenvalue weighted by molar-refractivity contribution is 5.42. The summed E-state index contributed by atoms with van der Waals surface area (Å²) in [5, 5.41) is 0. The fraction of sp³-hybridized carbons (Fsp3) is 0.312. The van der Waals surface area contributed by atoms with E-state index >= 15 is 0 Å². The van der Waals surface area contributed by atoms with Gasteiger partial charge in [-0.25, -0.2) is 0 Å². The quantitative estimate of drug-likeness (QED) is 0.909. The zero-order valence-electron chi connectivity index (χ0n) is 12.1. The van der Waals surface area contributed by atoms with Crippen LogP contribution in [0.25, 0.3) is 0 Å². The average Bonchev–Trinajstić information content (AvgIpc) is 2.44. The third-order valence-corrected chi connectivity index (χ3v) is 3.04. The molecule has 0 aliphatic carbocycles. The SMILES string of the molecule is COc1ccc(C(C)N)c(OCc2cncc(C)c2)c1. The van der Waals surface area contributed by atoms with Gasteiger partial charge in [-0.2, -0.15) is 0 Å². The van der Waals surface area contributed by atoms with Crippen molar-refractivity contribution in [2.45, 2.75) is 26.5 Å². The molecule has 0 spiro atoms. The molecule has 20 heavy (non-hydrogen) atoms. The highest BCUT2D eigenvalue weighted by Gasteiger charge is 2.10. The van der Waals surface area contributed by atoms with Crippen molar-refractivity contribution in [3.05, 3.63) is 53.3 Å². The van der Waals surface area contributed by atoms with Gasteiger partial charge >= 0.3 is 0 Å². The molecular formula is C16H20N2O2. The number of pyridine rings is 1. The highest BCUT2D eigenvalue weighted by Crippen LogP contribution is 2.29. The van der Waals surface area contributed by atoms with Gasteiger partial charge < -0.3 is 15.2 Å². The van der Waals surface area contributed by atoms with E-state index in [1.54, 1.807) is 13.3 Å². The van der Waals surface area contributed by atoms with Crippen molar-refractivity contribution in [2.75, 3.05) is 7.11 Å². The molecule has 0 saturated heterocycles. The summed E-state index contributed by atoms with van der Waals surface area (Å²) in [7, 11) is 1.63. The number of aromatic nitrogens is 1. The number of rotatable bonds is 5. The fourth-order valence-electron chi connectivity index (χ4n) is 2.00. The van der Waals surface area contributed by atoms with Gasteiger partial charge in [0.1, 0.15) is 18.1 Å². The predicted molar refractivity (Wildman–Crippen MR) is 78.9 cm³/mol. The molecule has 0 fully saturated rings. The lowest BCUT2D eigenvalue weighted by molar-refractivity contribution is 0.298. The largest absolute Gasteiger partial charge is 0.497 e. The lowest BCUT2D eigenvalue weighted by atomic mass is 10.1. The first-order valence-corrected chi connectivity index (χ1v) is 6.57. The van der Waals surface area contributed by atoms with Gasteiger partial charge in [-0.15, -0.1) is 0 Å². The molecule has 1 aromatic heterocycles. The number of nitrogens with two attached hydrogens (primary N) is 1. The number of methoxy groups -OCH3 is 1. The van der Waals surface area contributed by atoms with Crippen LogP contribution in [0.3, 0.4) is 0 Å². The van der Waals surface area contributed by atoms with Crippen molar-refractivity contribution in [1.82, 2.24) is 4.98 Å². The fourth-order valence-corrected chi connectivity index (χ4v) is 2.00. The Hall–Kier alpha value is -2.07. The van der Waals surface area contributed by atoms with Crippen LogP contribution in [0.1, 0.15) is 29.7 Å². The Morgan fingerprint density at radius 2 is 2.05 bits per heavy atom. The topological polar surface area (TPSA) is 57.4 Å². The van der Waals surface area contributed by atoms with Crippen LogP contribution in [0.2, 0.25) is 0 Å². The zero-order valence-corrected chi connectivity index (χ0v) is 12.1. The van der Waals surface area contributed by atoms with E-state index in [1.165, 1.54) is 0 Å². The summed E-state index contributed by atoms with van der Waals surface area (Å²) in [6.45, 7) is 4.40. The number of benzene rings is 1. The van der Waals surface area contributed by atoms with E-state index in [-0.39, 0.29) is 6.04 Å². The number of hydrogen-bond donors (Lipinski definition) is 1. The predicted octanol–water partition coefficient (Wildman–Crippen LogP) is 3.00. The third kappa shape index (κ3) is 3.48. The van der Waals surface area contributed by atoms with E-state index in [1.807, 2.05) is 38.2 Å². The second-order valence-corrected chi connectivity index (χ2v) is 4.85. The van der Waals surface area contributed by atoms with E-state index in [9.17, 15) is 0 Å². The van der Waals surface area contributed by atoms with Gasteiger partial charge in [0.2, 0.25) is 0 Å². The van der Waals surface area contributed by atoms with Crippen molar-refractivity contribution >= 4 is 0 Å². The van der Waals surface area contributed by atoms with E-state index in [0.717, 1.165) is 28.2 Å². The monoisotopic (exact) mass is 272 g/mol. The van der Waals surface area contributed by atoms with Gasteiger partial charge in [0.15, 0.2) is 0 Å². The second-order valence-electron chi connectivity index (χ2n) is 4.85. The third-order valence-electron chi connectivity index (χ3n) is 3.04. The lowest BCUT2D eigenvalue weighted by Crippen LogP contribution is -2.08. The standard InChI is InChI=1S/C16H20N2O2/c1-11-6-13(9-18-8-11)10-20-16-7-14(19-3)4-5-15(16)12(2)17/h4-9,12H,10,17H2,1-3H3. The zero-order chi connectivity index (χ0) is 14.5. The molecule has 106 valence electrons. The Morgan fingerprint density at radius 1 is 1.25 bits per heavy atom. The second kappa shape index (κ2) is 6.39. The summed E-state index contributed by atoms with van der Waals surface area (Å²) in [6, 6.07) is 7.65. The number of ether oxygens (including phenoxy) is 2. The van der Waals surface area contributed by atoms with Crippen molar-refractivity contribution in [3.8, 4) is 11.5 Å². The van der Waals surface area contributed by atoms with Crippen LogP contribution >= 0.6 is 0 Å². The summed E-state index contributed by atoms with van der Waals surface area (Å²) in [5.74, 6) is 1.51. The van der Waals surface area contributed by atoms with E-state index < -0.39 is 0 Å². The minimum Gasteiger partial charge on any atom is -0.497 e. The Morgan fingerprint density at radius 3 is 2.70 bits per heavy atom. The highest BCUT2D eigenvalue weighted by atomic mass is 16.5. The smallest absolute Gasteiger partial charge is 0.128 e. The molecule has 0 aliphatic rings. The molecule has 0 radical (unpaired) electrons. The Bertz CT molecular complexity index is 582. The normalized spacial score (nSPS) is 12.0. The minimum atomic E-state index is -0.0912. The molecule has 0 bridgehead atoms. The van der Waals surface area contributed by atoms with Gasteiger partial charge in [0.25, 0.3) is 0 Å². The maximum Gasteiger partial charge on any atom is 0.128 e. The Kier molecular flexibility index (Phi) is 4.58. The summed E-state index contributed by atoms with van der Waals surface area (Å²) in [5.41, 5.74) is 9.08. The van der Waals surface area contributed by atoms with Gasteiger partial charge in [-0.3, -0.25) is 4.98 Å². The summed E-state index contributed by atoms with van der Waals surface area (Å²) >= 11 is 0. The van der Waals surface area contributed by atoms with Gasteiger partial charge in [0, 0.05) is 35.6 Å².